The lowest BCUT2D eigenvalue weighted by atomic mass is 9.87. The second kappa shape index (κ2) is 5.65. The minimum absolute atomic E-state index is 0.00227. The van der Waals surface area contributed by atoms with E-state index in [0.29, 0.717) is 16.4 Å². The molecule has 0 heterocycles. The average molecular weight is 367 g/mol. The fourth-order valence-electron chi connectivity index (χ4n) is 2.60. The molecule has 18 heavy (non-hydrogen) atoms. The number of esters is 1. The zero-order valence-electron chi connectivity index (χ0n) is 12.4. The molecule has 1 aliphatic carbocycles. The van der Waals surface area contributed by atoms with Crippen molar-refractivity contribution in [2.45, 2.75) is 38.0 Å². The maximum absolute atomic E-state index is 12.4. The minimum Gasteiger partial charge on any atom is -0.464 e. The van der Waals surface area contributed by atoms with Crippen LogP contribution in [0.25, 0.3) is 0 Å². The molecule has 3 nitrogen and oxygen atoms in total. The standard InChI is InChI=1S/C14H26INO2/c1-10(2)11(15)14(9-13(14,3)4)12(17)18-8-7-16(5)6/h10-11H,7-9H2,1-6H3. The monoisotopic (exact) mass is 367 g/mol. The molecule has 1 aliphatic rings. The van der Waals surface area contributed by atoms with E-state index in [1.807, 2.05) is 19.0 Å². The minimum atomic E-state index is -0.270. The number of rotatable bonds is 6. The van der Waals surface area contributed by atoms with Crippen LogP contribution in [0, 0.1) is 16.7 Å². The third-order valence-electron chi connectivity index (χ3n) is 4.00. The van der Waals surface area contributed by atoms with Gasteiger partial charge < -0.3 is 9.64 Å². The van der Waals surface area contributed by atoms with Crippen molar-refractivity contribution in [1.29, 1.82) is 0 Å². The van der Waals surface area contributed by atoms with E-state index in [0.717, 1.165) is 13.0 Å². The van der Waals surface area contributed by atoms with Gasteiger partial charge >= 0.3 is 5.97 Å². The molecule has 4 heteroatoms. The summed E-state index contributed by atoms with van der Waals surface area (Å²) in [6, 6.07) is 0. The first-order valence-corrected chi connectivity index (χ1v) is 7.86. The Balaban J connectivity index is 2.67. The van der Waals surface area contributed by atoms with Crippen molar-refractivity contribution < 1.29 is 9.53 Å². The maximum Gasteiger partial charge on any atom is 0.313 e. The van der Waals surface area contributed by atoms with E-state index in [-0.39, 0.29) is 16.8 Å². The molecule has 2 atom stereocenters. The van der Waals surface area contributed by atoms with Gasteiger partial charge in [-0.05, 0) is 31.8 Å². The molecule has 0 amide bonds. The Hall–Kier alpha value is 0.160. The van der Waals surface area contributed by atoms with Crippen LogP contribution in [0.4, 0.5) is 0 Å². The van der Waals surface area contributed by atoms with Gasteiger partial charge in [0.25, 0.3) is 0 Å². The SMILES string of the molecule is CC(C)C(I)C1(C(=O)OCCN(C)C)CC1(C)C. The number of likely N-dealkylation sites (N-methyl/N-ethyl adjacent to an activating group) is 1. The summed E-state index contributed by atoms with van der Waals surface area (Å²) in [5.41, 5.74) is -0.188. The number of ether oxygens (including phenoxy) is 1. The first-order valence-electron chi connectivity index (χ1n) is 6.61. The molecule has 0 bridgehead atoms. The summed E-state index contributed by atoms with van der Waals surface area (Å²) in [5, 5.41) is 0. The van der Waals surface area contributed by atoms with Gasteiger partial charge in [0, 0.05) is 10.5 Å². The Morgan fingerprint density at radius 1 is 1.39 bits per heavy atom. The van der Waals surface area contributed by atoms with Gasteiger partial charge in [0.2, 0.25) is 0 Å². The number of halogens is 1. The normalized spacial score (nSPS) is 27.4. The van der Waals surface area contributed by atoms with E-state index in [1.165, 1.54) is 0 Å². The summed E-state index contributed by atoms with van der Waals surface area (Å²) in [6.07, 6.45) is 0.951. The van der Waals surface area contributed by atoms with Crippen molar-refractivity contribution >= 4 is 28.6 Å². The van der Waals surface area contributed by atoms with E-state index in [4.69, 9.17) is 4.74 Å². The van der Waals surface area contributed by atoms with E-state index in [1.54, 1.807) is 0 Å². The molecule has 2 unspecified atom stereocenters. The fourth-order valence-corrected chi connectivity index (χ4v) is 3.92. The lowest BCUT2D eigenvalue weighted by molar-refractivity contribution is -0.152. The third kappa shape index (κ3) is 3.00. The van der Waals surface area contributed by atoms with Crippen LogP contribution >= 0.6 is 22.6 Å². The predicted molar refractivity (Wildman–Crippen MR) is 83.0 cm³/mol. The highest BCUT2D eigenvalue weighted by molar-refractivity contribution is 14.1. The van der Waals surface area contributed by atoms with Gasteiger partial charge in [-0.15, -0.1) is 0 Å². The molecular weight excluding hydrogens is 341 g/mol. The van der Waals surface area contributed by atoms with Gasteiger partial charge in [0.15, 0.2) is 0 Å². The van der Waals surface area contributed by atoms with Crippen LogP contribution in [0.2, 0.25) is 0 Å². The Kier molecular flexibility index (Phi) is 5.09. The van der Waals surface area contributed by atoms with E-state index < -0.39 is 0 Å². The summed E-state index contributed by atoms with van der Waals surface area (Å²) in [6.45, 7) is 9.99. The summed E-state index contributed by atoms with van der Waals surface area (Å²) in [5.74, 6) is 0.497. The summed E-state index contributed by atoms with van der Waals surface area (Å²) < 4.78 is 5.85. The van der Waals surface area contributed by atoms with Crippen molar-refractivity contribution in [3.05, 3.63) is 0 Å². The molecule has 0 aromatic heterocycles. The lowest BCUT2D eigenvalue weighted by Crippen LogP contribution is -2.36. The topological polar surface area (TPSA) is 29.5 Å². The zero-order valence-corrected chi connectivity index (χ0v) is 14.6. The van der Waals surface area contributed by atoms with Gasteiger partial charge in [-0.25, -0.2) is 0 Å². The number of carbonyl (C=O) groups excluding carboxylic acids is 1. The summed E-state index contributed by atoms with van der Waals surface area (Å²) >= 11 is 2.43. The highest BCUT2D eigenvalue weighted by Gasteiger charge is 2.70. The number of nitrogens with zero attached hydrogens (tertiary/aromatic N) is 1. The molecule has 106 valence electrons. The molecule has 0 aromatic carbocycles. The number of hydrogen-bond donors (Lipinski definition) is 0. The van der Waals surface area contributed by atoms with Gasteiger partial charge in [-0.3, -0.25) is 4.79 Å². The second-order valence-electron chi connectivity index (χ2n) is 6.62. The molecule has 0 aromatic rings. The van der Waals surface area contributed by atoms with Crippen LogP contribution in [0.5, 0.6) is 0 Å². The molecule has 1 rings (SSSR count). The average Bonchev–Trinajstić information content (AvgIpc) is 2.81. The molecule has 1 saturated carbocycles. The summed E-state index contributed by atoms with van der Waals surface area (Å²) in [7, 11) is 3.97. The van der Waals surface area contributed by atoms with E-state index in [2.05, 4.69) is 50.3 Å². The first kappa shape index (κ1) is 16.2. The lowest BCUT2D eigenvalue weighted by Gasteiger charge is -2.27. The van der Waals surface area contributed by atoms with Crippen molar-refractivity contribution in [2.75, 3.05) is 27.2 Å². The van der Waals surface area contributed by atoms with Crippen LogP contribution in [-0.4, -0.2) is 42.0 Å². The third-order valence-corrected chi connectivity index (χ3v) is 6.50. The number of carbonyl (C=O) groups is 1. The van der Waals surface area contributed by atoms with Gasteiger partial charge in [0.1, 0.15) is 6.61 Å². The van der Waals surface area contributed by atoms with Crippen LogP contribution in [0.3, 0.4) is 0 Å². The summed E-state index contributed by atoms with van der Waals surface area (Å²) in [4.78, 5) is 14.5. The van der Waals surface area contributed by atoms with Gasteiger partial charge in [0.05, 0.1) is 5.41 Å². The van der Waals surface area contributed by atoms with Crippen molar-refractivity contribution in [3.8, 4) is 0 Å². The highest BCUT2D eigenvalue weighted by atomic mass is 127. The predicted octanol–water partition coefficient (Wildman–Crippen LogP) is 2.97. The largest absolute Gasteiger partial charge is 0.464 e. The Labute approximate surface area is 125 Å². The van der Waals surface area contributed by atoms with Gasteiger partial charge in [-0.1, -0.05) is 50.3 Å². The molecule has 0 N–H and O–H groups in total. The van der Waals surface area contributed by atoms with Crippen molar-refractivity contribution in [3.63, 3.8) is 0 Å². The fraction of sp³-hybridized carbons (Fsp3) is 0.929. The molecule has 0 spiro atoms. The van der Waals surface area contributed by atoms with E-state index >= 15 is 0 Å². The highest BCUT2D eigenvalue weighted by Crippen LogP contribution is 2.68. The van der Waals surface area contributed by atoms with Crippen LogP contribution in [0.15, 0.2) is 0 Å². The molecule has 1 fully saturated rings. The first-order chi connectivity index (χ1) is 8.15. The Morgan fingerprint density at radius 3 is 2.22 bits per heavy atom. The van der Waals surface area contributed by atoms with Gasteiger partial charge in [-0.2, -0.15) is 0 Å². The van der Waals surface area contributed by atoms with Crippen LogP contribution < -0.4 is 0 Å². The molecular formula is C14H26INO2. The number of alkyl halides is 1. The van der Waals surface area contributed by atoms with Crippen molar-refractivity contribution in [1.82, 2.24) is 4.90 Å². The Bertz CT molecular complexity index is 315. The number of hydrogen-bond acceptors (Lipinski definition) is 3. The van der Waals surface area contributed by atoms with Crippen molar-refractivity contribution in [2.24, 2.45) is 16.7 Å². The zero-order chi connectivity index (χ0) is 14.1. The van der Waals surface area contributed by atoms with Crippen LogP contribution in [0.1, 0.15) is 34.1 Å². The quantitative estimate of drug-likeness (QED) is 0.411. The molecule has 0 radical (unpaired) electrons. The second-order valence-corrected chi connectivity index (χ2v) is 7.96. The molecule has 0 aliphatic heterocycles. The van der Waals surface area contributed by atoms with E-state index in [9.17, 15) is 4.79 Å². The Morgan fingerprint density at radius 2 is 1.89 bits per heavy atom. The molecule has 0 saturated heterocycles. The smallest absolute Gasteiger partial charge is 0.313 e. The maximum atomic E-state index is 12.4. The van der Waals surface area contributed by atoms with Crippen LogP contribution in [-0.2, 0) is 9.53 Å².